The summed E-state index contributed by atoms with van der Waals surface area (Å²) in [7, 11) is 4.66. The van der Waals surface area contributed by atoms with Gasteiger partial charge in [0.05, 0.1) is 7.11 Å². The van der Waals surface area contributed by atoms with Crippen LogP contribution in [0.1, 0.15) is 81.1 Å². The van der Waals surface area contributed by atoms with Crippen LogP contribution in [-0.2, 0) is 19.0 Å². The molecule has 1 aliphatic rings. The smallest absolute Gasteiger partial charge is 0.333 e. The molecule has 1 rings (SSSR count). The average molecular weight is 335 g/mol. The molecule has 0 N–H and O–H groups in total. The van der Waals surface area contributed by atoms with Gasteiger partial charge in [-0.05, 0) is 39.5 Å². The molecule has 0 radical (unpaired) electrons. The number of ether oxygens (including phenoxy) is 3. The molecule has 0 atom stereocenters. The van der Waals surface area contributed by atoms with Crippen molar-refractivity contribution in [3.8, 4) is 0 Å². The van der Waals surface area contributed by atoms with Crippen LogP contribution in [0.25, 0.3) is 0 Å². The minimum Gasteiger partial charge on any atom is -0.466 e. The molecule has 0 saturated heterocycles. The van der Waals surface area contributed by atoms with Crippen LogP contribution in [0.2, 0.25) is 0 Å². The van der Waals surface area contributed by atoms with Crippen molar-refractivity contribution in [1.29, 1.82) is 0 Å². The predicted molar refractivity (Wildman–Crippen MR) is 101 cm³/mol. The number of allylic oxidation sites excluding steroid dienone is 1. The van der Waals surface area contributed by atoms with E-state index in [-0.39, 0.29) is 5.97 Å². The molecule has 0 saturated carbocycles. The molecule has 4 heteroatoms. The highest BCUT2D eigenvalue weighted by atomic mass is 16.7. The Morgan fingerprint density at radius 1 is 0.913 bits per heavy atom. The molecular weight excluding hydrogens is 292 g/mol. The zero-order valence-electron chi connectivity index (χ0n) is 17.5. The van der Waals surface area contributed by atoms with Crippen LogP contribution in [0.4, 0.5) is 0 Å². The summed E-state index contributed by atoms with van der Waals surface area (Å²) in [6.07, 6.45) is 6.24. The van der Waals surface area contributed by atoms with Gasteiger partial charge in [0.2, 0.25) is 0 Å². The highest BCUT2D eigenvalue weighted by molar-refractivity contribution is 5.88. The quantitative estimate of drug-likeness (QED) is 0.486. The lowest BCUT2D eigenvalue weighted by molar-refractivity contribution is -0.178. The SMILES string of the molecule is CC.CC.CC.COC(=O)C1=CCCCC1.COC(C)(C)OC. The molecule has 0 aromatic rings. The van der Waals surface area contributed by atoms with E-state index in [9.17, 15) is 4.79 Å². The maximum Gasteiger partial charge on any atom is 0.333 e. The van der Waals surface area contributed by atoms with Gasteiger partial charge in [0.25, 0.3) is 0 Å². The van der Waals surface area contributed by atoms with Crippen molar-refractivity contribution in [2.24, 2.45) is 0 Å². The molecule has 142 valence electrons. The summed E-state index contributed by atoms with van der Waals surface area (Å²) in [5, 5.41) is 0. The van der Waals surface area contributed by atoms with Gasteiger partial charge >= 0.3 is 5.97 Å². The first kappa shape index (κ1) is 30.1. The van der Waals surface area contributed by atoms with Crippen molar-refractivity contribution < 1.29 is 19.0 Å². The van der Waals surface area contributed by atoms with Crippen molar-refractivity contribution in [1.82, 2.24) is 0 Å². The minimum absolute atomic E-state index is 0.153. The van der Waals surface area contributed by atoms with Crippen LogP contribution >= 0.6 is 0 Å². The van der Waals surface area contributed by atoms with Crippen LogP contribution in [0, 0.1) is 0 Å². The molecule has 0 aromatic heterocycles. The van der Waals surface area contributed by atoms with E-state index in [0.29, 0.717) is 0 Å². The molecule has 0 bridgehead atoms. The maximum atomic E-state index is 10.9. The zero-order chi connectivity index (χ0) is 19.3. The first-order chi connectivity index (χ1) is 11.0. The van der Waals surface area contributed by atoms with E-state index in [1.54, 1.807) is 14.2 Å². The third kappa shape index (κ3) is 21.1. The third-order valence-corrected chi connectivity index (χ3v) is 2.72. The van der Waals surface area contributed by atoms with E-state index >= 15 is 0 Å². The zero-order valence-corrected chi connectivity index (χ0v) is 17.5. The lowest BCUT2D eigenvalue weighted by Crippen LogP contribution is -2.24. The van der Waals surface area contributed by atoms with Crippen LogP contribution in [0.3, 0.4) is 0 Å². The Kier molecular flexibility index (Phi) is 30.6. The first-order valence-corrected chi connectivity index (χ1v) is 8.84. The first-order valence-electron chi connectivity index (χ1n) is 8.84. The van der Waals surface area contributed by atoms with E-state index in [2.05, 4.69) is 4.74 Å². The molecule has 0 aromatic carbocycles. The largest absolute Gasteiger partial charge is 0.466 e. The molecule has 0 fully saturated rings. The molecule has 23 heavy (non-hydrogen) atoms. The number of esters is 1. The summed E-state index contributed by atoms with van der Waals surface area (Å²) < 4.78 is 14.3. The summed E-state index contributed by atoms with van der Waals surface area (Å²) >= 11 is 0. The van der Waals surface area contributed by atoms with Crippen LogP contribution in [0.5, 0.6) is 0 Å². The molecule has 0 aliphatic heterocycles. The summed E-state index contributed by atoms with van der Waals surface area (Å²) in [6, 6.07) is 0. The molecule has 0 spiro atoms. The molecule has 4 nitrogen and oxygen atoms in total. The predicted octanol–water partition coefficient (Wildman–Crippen LogP) is 5.75. The highest BCUT2D eigenvalue weighted by Crippen LogP contribution is 2.17. The minimum atomic E-state index is -0.417. The van der Waals surface area contributed by atoms with Crippen molar-refractivity contribution in [3.05, 3.63) is 11.6 Å². The lowest BCUT2D eigenvalue weighted by Gasteiger charge is -2.19. The fourth-order valence-electron chi connectivity index (χ4n) is 1.24. The normalized spacial score (nSPS) is 12.2. The third-order valence-electron chi connectivity index (χ3n) is 2.72. The van der Waals surface area contributed by atoms with E-state index in [0.717, 1.165) is 24.8 Å². The standard InChI is InChI=1S/C8H12O2.C5H12O2.3C2H6/c1-10-8(9)7-5-3-2-4-6-7;1-5(2,6-3)7-4;3*1-2/h5H,2-4,6H2,1H3;1-4H3;3*1-2H3. The van der Waals surface area contributed by atoms with E-state index in [1.165, 1.54) is 13.5 Å². The number of carbonyl (C=O) groups is 1. The average Bonchev–Trinajstić information content (AvgIpc) is 2.67. The monoisotopic (exact) mass is 334 g/mol. The van der Waals surface area contributed by atoms with E-state index in [1.807, 2.05) is 61.5 Å². The van der Waals surface area contributed by atoms with Crippen LogP contribution in [0.15, 0.2) is 11.6 Å². The molecule has 1 aliphatic carbocycles. The second-order valence-corrected chi connectivity index (χ2v) is 4.27. The van der Waals surface area contributed by atoms with Crippen molar-refractivity contribution in [2.75, 3.05) is 21.3 Å². The topological polar surface area (TPSA) is 44.8 Å². The second-order valence-electron chi connectivity index (χ2n) is 4.27. The van der Waals surface area contributed by atoms with Crippen LogP contribution in [-0.4, -0.2) is 33.1 Å². The number of methoxy groups -OCH3 is 3. The van der Waals surface area contributed by atoms with Crippen LogP contribution < -0.4 is 0 Å². The van der Waals surface area contributed by atoms with Crippen molar-refractivity contribution in [3.63, 3.8) is 0 Å². The number of carbonyl (C=O) groups excluding carboxylic acids is 1. The van der Waals surface area contributed by atoms with Crippen molar-refractivity contribution >= 4 is 5.97 Å². The summed E-state index contributed by atoms with van der Waals surface area (Å²) in [5.41, 5.74) is 0.855. The van der Waals surface area contributed by atoms with E-state index < -0.39 is 5.79 Å². The van der Waals surface area contributed by atoms with Gasteiger partial charge in [-0.25, -0.2) is 4.79 Å². The van der Waals surface area contributed by atoms with Gasteiger partial charge in [-0.3, -0.25) is 0 Å². The summed E-state index contributed by atoms with van der Waals surface area (Å²) in [5.74, 6) is -0.570. The Morgan fingerprint density at radius 2 is 1.35 bits per heavy atom. The molecule has 0 unspecified atom stereocenters. The lowest BCUT2D eigenvalue weighted by atomic mass is 10.00. The van der Waals surface area contributed by atoms with Gasteiger partial charge in [-0.2, -0.15) is 0 Å². The summed E-state index contributed by atoms with van der Waals surface area (Å²) in [4.78, 5) is 10.9. The van der Waals surface area contributed by atoms with E-state index in [4.69, 9.17) is 9.47 Å². The Labute approximate surface area is 145 Å². The Hall–Kier alpha value is -0.870. The Morgan fingerprint density at radius 3 is 1.57 bits per heavy atom. The highest BCUT2D eigenvalue weighted by Gasteiger charge is 2.12. The molecule has 0 amide bonds. The van der Waals surface area contributed by atoms with Gasteiger partial charge < -0.3 is 14.2 Å². The fourth-order valence-corrected chi connectivity index (χ4v) is 1.24. The fraction of sp³-hybridized carbons (Fsp3) is 0.842. The second kappa shape index (κ2) is 23.4. The molecule has 0 heterocycles. The molecular formula is C19H42O4. The van der Waals surface area contributed by atoms with Gasteiger partial charge in [0.1, 0.15) is 0 Å². The summed E-state index contributed by atoms with van der Waals surface area (Å²) in [6.45, 7) is 15.7. The number of hydrogen-bond acceptors (Lipinski definition) is 4. The van der Waals surface area contributed by atoms with Gasteiger partial charge in [0, 0.05) is 19.8 Å². The Bertz CT molecular complexity index is 252. The number of hydrogen-bond donors (Lipinski definition) is 0. The van der Waals surface area contributed by atoms with Crippen molar-refractivity contribution in [2.45, 2.75) is 86.9 Å². The van der Waals surface area contributed by atoms with Gasteiger partial charge in [-0.1, -0.05) is 47.6 Å². The Balaban J connectivity index is -0.000000122. The maximum absolute atomic E-state index is 10.9. The number of rotatable bonds is 3. The van der Waals surface area contributed by atoms with Gasteiger partial charge in [-0.15, -0.1) is 0 Å². The van der Waals surface area contributed by atoms with Gasteiger partial charge in [0.15, 0.2) is 5.79 Å².